The smallest absolute Gasteiger partial charge is 0.503 e. The molecule has 0 saturated heterocycles. The average Bonchev–Trinajstić information content (AvgIpc) is 2.08. The molecule has 0 saturated carbocycles. The lowest BCUT2D eigenvalue weighted by Gasteiger charge is -2.14. The fraction of sp³-hybridized carbons (Fsp3) is 0.375. The SMILES string of the molecule is Cc1c(C(F)(F)F)cnc(OC(F)(F)F)c1O. The van der Waals surface area contributed by atoms with Gasteiger partial charge in [0, 0.05) is 11.8 Å². The Bertz CT molecular complexity index is 425. The lowest BCUT2D eigenvalue weighted by molar-refractivity contribution is -0.276. The van der Waals surface area contributed by atoms with Crippen molar-refractivity contribution in [1.29, 1.82) is 0 Å². The van der Waals surface area contributed by atoms with Crippen LogP contribution in [0.3, 0.4) is 0 Å². The molecular weight excluding hydrogens is 256 g/mol. The van der Waals surface area contributed by atoms with Crippen LogP contribution < -0.4 is 4.74 Å². The fourth-order valence-electron chi connectivity index (χ4n) is 1.04. The lowest BCUT2D eigenvalue weighted by atomic mass is 10.1. The number of nitrogens with zero attached hydrogens (tertiary/aromatic N) is 1. The highest BCUT2D eigenvalue weighted by molar-refractivity contribution is 5.44. The van der Waals surface area contributed by atoms with Gasteiger partial charge in [-0.25, -0.2) is 4.98 Å². The molecule has 0 amide bonds. The van der Waals surface area contributed by atoms with Crippen LogP contribution in [0.1, 0.15) is 11.1 Å². The minimum Gasteiger partial charge on any atom is -0.503 e. The molecule has 0 radical (unpaired) electrons. The molecule has 1 aromatic rings. The number of aromatic hydroxyl groups is 1. The first-order chi connectivity index (χ1) is 7.52. The van der Waals surface area contributed by atoms with Crippen molar-refractivity contribution in [2.75, 3.05) is 0 Å². The topological polar surface area (TPSA) is 42.4 Å². The van der Waals surface area contributed by atoms with Crippen LogP contribution in [0.15, 0.2) is 6.20 Å². The van der Waals surface area contributed by atoms with Gasteiger partial charge in [-0.15, -0.1) is 13.2 Å². The second-order valence-electron chi connectivity index (χ2n) is 3.00. The van der Waals surface area contributed by atoms with Crippen LogP contribution in [0.25, 0.3) is 0 Å². The Hall–Kier alpha value is -1.67. The lowest BCUT2D eigenvalue weighted by Crippen LogP contribution is -2.19. The van der Waals surface area contributed by atoms with Crippen molar-refractivity contribution in [3.05, 3.63) is 17.3 Å². The van der Waals surface area contributed by atoms with Crippen LogP contribution in [0, 0.1) is 6.92 Å². The Morgan fingerprint density at radius 2 is 1.71 bits per heavy atom. The quantitative estimate of drug-likeness (QED) is 0.790. The molecule has 0 unspecified atom stereocenters. The van der Waals surface area contributed by atoms with E-state index >= 15 is 0 Å². The summed E-state index contributed by atoms with van der Waals surface area (Å²) in [4.78, 5) is 2.78. The maximum atomic E-state index is 12.3. The Morgan fingerprint density at radius 1 is 1.18 bits per heavy atom. The van der Waals surface area contributed by atoms with Crippen LogP contribution in [0.4, 0.5) is 26.3 Å². The maximum absolute atomic E-state index is 12.3. The minimum absolute atomic E-state index is 0.163. The number of hydrogen-bond acceptors (Lipinski definition) is 3. The van der Waals surface area contributed by atoms with Crippen LogP contribution in [0.5, 0.6) is 11.6 Å². The van der Waals surface area contributed by atoms with Crippen molar-refractivity contribution >= 4 is 0 Å². The van der Waals surface area contributed by atoms with Crippen molar-refractivity contribution in [2.24, 2.45) is 0 Å². The number of hydrogen-bond donors (Lipinski definition) is 1. The minimum atomic E-state index is -5.14. The van der Waals surface area contributed by atoms with Crippen LogP contribution in [-0.2, 0) is 6.18 Å². The summed E-state index contributed by atoms with van der Waals surface area (Å²) in [6.07, 6.45) is -9.79. The zero-order valence-corrected chi connectivity index (χ0v) is 8.15. The molecular formula is C8H5F6NO2. The van der Waals surface area contributed by atoms with Crippen LogP contribution in [-0.4, -0.2) is 16.5 Å². The summed E-state index contributed by atoms with van der Waals surface area (Å²) in [5, 5.41) is 9.12. The Labute approximate surface area is 90.6 Å². The number of pyridine rings is 1. The number of halogens is 6. The van der Waals surface area contributed by atoms with E-state index in [1.54, 1.807) is 0 Å². The summed E-state index contributed by atoms with van der Waals surface area (Å²) in [6.45, 7) is 0.809. The largest absolute Gasteiger partial charge is 0.574 e. The van der Waals surface area contributed by atoms with Gasteiger partial charge in [0.1, 0.15) is 0 Å². The molecule has 9 heteroatoms. The Morgan fingerprint density at radius 3 is 2.12 bits per heavy atom. The first-order valence-electron chi connectivity index (χ1n) is 4.04. The third-order valence-electron chi connectivity index (χ3n) is 1.79. The van der Waals surface area contributed by atoms with Crippen molar-refractivity contribution < 1.29 is 36.2 Å². The third-order valence-corrected chi connectivity index (χ3v) is 1.79. The summed E-state index contributed by atoms with van der Waals surface area (Å²) in [6, 6.07) is 0. The number of rotatable bonds is 1. The van der Waals surface area contributed by atoms with E-state index in [2.05, 4.69) is 9.72 Å². The molecule has 96 valence electrons. The van der Waals surface area contributed by atoms with Crippen molar-refractivity contribution in [2.45, 2.75) is 19.5 Å². The van der Waals surface area contributed by atoms with Crippen molar-refractivity contribution in [3.8, 4) is 11.6 Å². The van der Waals surface area contributed by atoms with E-state index in [9.17, 15) is 26.3 Å². The molecule has 1 rings (SSSR count). The summed E-state index contributed by atoms with van der Waals surface area (Å²) in [7, 11) is 0. The molecule has 0 aliphatic heterocycles. The monoisotopic (exact) mass is 261 g/mol. The van der Waals surface area contributed by atoms with Gasteiger partial charge in [0.15, 0.2) is 5.75 Å². The molecule has 0 spiro atoms. The van der Waals surface area contributed by atoms with Gasteiger partial charge in [0.05, 0.1) is 5.56 Å². The molecule has 0 aromatic carbocycles. The highest BCUT2D eigenvalue weighted by Crippen LogP contribution is 2.39. The molecule has 0 atom stereocenters. The average molecular weight is 261 g/mol. The highest BCUT2D eigenvalue weighted by Gasteiger charge is 2.37. The predicted molar refractivity (Wildman–Crippen MR) is 42.3 cm³/mol. The second kappa shape index (κ2) is 3.97. The standard InChI is InChI=1S/C8H5F6NO2/c1-3-4(7(9,10)11)2-15-6(5(3)16)17-8(12,13)14/h2,16H,1H3. The number of ether oxygens (including phenoxy) is 1. The van der Waals surface area contributed by atoms with E-state index < -0.39 is 35.3 Å². The van der Waals surface area contributed by atoms with E-state index in [0.29, 0.717) is 0 Å². The van der Waals surface area contributed by atoms with Gasteiger partial charge >= 0.3 is 12.5 Å². The summed E-state index contributed by atoms with van der Waals surface area (Å²) in [5.41, 5.74) is -2.11. The molecule has 0 aliphatic rings. The molecule has 0 bridgehead atoms. The molecule has 1 heterocycles. The first kappa shape index (κ1) is 13.4. The van der Waals surface area contributed by atoms with Gasteiger partial charge < -0.3 is 9.84 Å². The Balaban J connectivity index is 3.21. The summed E-state index contributed by atoms with van der Waals surface area (Å²) >= 11 is 0. The second-order valence-corrected chi connectivity index (χ2v) is 3.00. The molecule has 17 heavy (non-hydrogen) atoms. The summed E-state index contributed by atoms with van der Waals surface area (Å²) in [5.74, 6) is -2.61. The molecule has 3 nitrogen and oxygen atoms in total. The first-order valence-corrected chi connectivity index (χ1v) is 4.04. The van der Waals surface area contributed by atoms with E-state index in [1.165, 1.54) is 0 Å². The van der Waals surface area contributed by atoms with E-state index in [0.717, 1.165) is 6.92 Å². The zero-order chi connectivity index (χ0) is 13.4. The normalized spacial score (nSPS) is 12.6. The highest BCUT2D eigenvalue weighted by atomic mass is 19.4. The van der Waals surface area contributed by atoms with Crippen LogP contribution in [0.2, 0.25) is 0 Å². The van der Waals surface area contributed by atoms with E-state index in [-0.39, 0.29) is 6.20 Å². The third kappa shape index (κ3) is 3.14. The number of alkyl halides is 6. The van der Waals surface area contributed by atoms with Gasteiger partial charge in [-0.1, -0.05) is 0 Å². The molecule has 1 aromatic heterocycles. The van der Waals surface area contributed by atoms with Crippen molar-refractivity contribution in [3.63, 3.8) is 0 Å². The molecule has 0 fully saturated rings. The van der Waals surface area contributed by atoms with Crippen LogP contribution >= 0.6 is 0 Å². The number of aromatic nitrogens is 1. The summed E-state index contributed by atoms with van der Waals surface area (Å²) < 4.78 is 75.5. The zero-order valence-electron chi connectivity index (χ0n) is 8.15. The van der Waals surface area contributed by atoms with Gasteiger partial charge in [0.25, 0.3) is 5.88 Å². The van der Waals surface area contributed by atoms with Crippen molar-refractivity contribution in [1.82, 2.24) is 4.98 Å². The maximum Gasteiger partial charge on any atom is 0.574 e. The molecule has 0 aliphatic carbocycles. The molecule has 1 N–H and O–H groups in total. The van der Waals surface area contributed by atoms with E-state index in [1.807, 2.05) is 0 Å². The van der Waals surface area contributed by atoms with Gasteiger partial charge in [-0.3, -0.25) is 0 Å². The van der Waals surface area contributed by atoms with E-state index in [4.69, 9.17) is 5.11 Å². The predicted octanol–water partition coefficient (Wildman–Crippen LogP) is 3.01. The van der Waals surface area contributed by atoms with Gasteiger partial charge in [-0.05, 0) is 6.92 Å². The fourth-order valence-corrected chi connectivity index (χ4v) is 1.04. The van der Waals surface area contributed by atoms with Gasteiger partial charge in [-0.2, -0.15) is 13.2 Å². The Kier molecular flexibility index (Phi) is 3.13. The van der Waals surface area contributed by atoms with Gasteiger partial charge in [0.2, 0.25) is 0 Å².